The van der Waals surface area contributed by atoms with Gasteiger partial charge in [0.25, 0.3) is 0 Å². The summed E-state index contributed by atoms with van der Waals surface area (Å²) in [5, 5.41) is 3.48. The summed E-state index contributed by atoms with van der Waals surface area (Å²) >= 11 is 0. The first-order valence-electron chi connectivity index (χ1n) is 19.9. The molecule has 0 spiro atoms. The summed E-state index contributed by atoms with van der Waals surface area (Å²) < 4.78 is 11.5. The Kier molecular flexibility index (Phi) is 14.5. The number of rotatable bonds is 21. The van der Waals surface area contributed by atoms with Gasteiger partial charge in [0.15, 0.2) is 17.9 Å². The van der Waals surface area contributed by atoms with Crippen molar-refractivity contribution in [1.82, 2.24) is 15.1 Å². The highest BCUT2D eigenvalue weighted by Gasteiger charge is 2.46. The van der Waals surface area contributed by atoms with E-state index in [1.54, 1.807) is 0 Å². The number of hydrogen-bond donors (Lipinski definition) is 4. The minimum atomic E-state index is -0.297. The largest absolute Gasteiger partial charge is 0.462 e. The summed E-state index contributed by atoms with van der Waals surface area (Å²) in [5.74, 6) is 1.03. The molecule has 7 N–H and O–H groups in total. The van der Waals surface area contributed by atoms with E-state index < -0.39 is 0 Å². The highest BCUT2D eigenvalue weighted by atomic mass is 16.5. The van der Waals surface area contributed by atoms with Gasteiger partial charge in [0, 0.05) is 30.5 Å². The molecule has 1 unspecified atom stereocenters. The summed E-state index contributed by atoms with van der Waals surface area (Å²) in [6.07, 6.45) is 19.4. The quantitative estimate of drug-likeness (QED) is 0.0563. The number of carbonyl (C=O) groups excluding carboxylic acids is 2. The smallest absolute Gasteiger partial charge is 0.337 e. The van der Waals surface area contributed by atoms with Crippen molar-refractivity contribution in [3.8, 4) is 0 Å². The monoisotopic (exact) mass is 710 g/mol. The lowest BCUT2D eigenvalue weighted by atomic mass is 9.96. The molecule has 0 aliphatic carbocycles. The van der Waals surface area contributed by atoms with Crippen LogP contribution in [0.5, 0.6) is 0 Å². The van der Waals surface area contributed by atoms with E-state index in [2.05, 4.69) is 22.1 Å². The van der Waals surface area contributed by atoms with Crippen LogP contribution in [0.25, 0.3) is 0 Å². The molecule has 0 aromatic heterocycles. The van der Waals surface area contributed by atoms with Crippen LogP contribution in [0.1, 0.15) is 136 Å². The molecule has 0 saturated carbocycles. The second-order valence-electron chi connectivity index (χ2n) is 14.8. The Hall–Kier alpha value is -3.77. The van der Waals surface area contributed by atoms with Crippen LogP contribution in [-0.4, -0.2) is 90.1 Å². The van der Waals surface area contributed by atoms with Gasteiger partial charge >= 0.3 is 11.9 Å². The molecule has 13 nitrogen and oxygen atoms in total. The average molecular weight is 710 g/mol. The number of nitrogens with two attached hydrogens (primary N) is 3. The molecule has 5 heterocycles. The van der Waals surface area contributed by atoms with Crippen LogP contribution in [0.4, 0.5) is 0 Å². The molecule has 5 aliphatic rings. The third-order valence-electron chi connectivity index (χ3n) is 11.0. The minimum absolute atomic E-state index is 0.0638. The highest BCUT2D eigenvalue weighted by molar-refractivity contribution is 5.97. The Morgan fingerprint density at radius 2 is 1.57 bits per heavy atom. The number of hydrogen-bond acceptors (Lipinski definition) is 11. The standard InChI is InChI=1S/C38H63N9O4/c1-3-4-5-7-10-16-27-25-28-19-20-31-32(26(2)43-38(44-27)47(28)31)34(48)50-23-13-9-6-8-11-17-29-33(30-18-15-22-46(30)37(41)45-29)35(49)51-24-14-12-21-42-36(39)40/h27-29,31H,3-25H2,1-2H3,(H2,41,45)(H,43,44)(H4,39,40,42)/t27-,28+,29+,31?/m1/s1. The molecule has 0 radical (unpaired) electrons. The molecular formula is C38H63N9O4. The maximum Gasteiger partial charge on any atom is 0.337 e. The molecule has 51 heavy (non-hydrogen) atoms. The van der Waals surface area contributed by atoms with Gasteiger partial charge in [0.05, 0.1) is 42.5 Å². The van der Waals surface area contributed by atoms with E-state index in [0.29, 0.717) is 49.8 Å². The Morgan fingerprint density at radius 3 is 2.33 bits per heavy atom. The lowest BCUT2D eigenvalue weighted by Crippen LogP contribution is -2.56. The van der Waals surface area contributed by atoms with E-state index in [1.807, 2.05) is 11.8 Å². The lowest BCUT2D eigenvalue weighted by molar-refractivity contribution is -0.140. The van der Waals surface area contributed by atoms with Crippen LogP contribution >= 0.6 is 0 Å². The molecule has 2 saturated heterocycles. The molecule has 0 bridgehead atoms. The van der Waals surface area contributed by atoms with Crippen molar-refractivity contribution >= 4 is 29.8 Å². The van der Waals surface area contributed by atoms with Gasteiger partial charge in [0.1, 0.15) is 0 Å². The number of aliphatic imine (C=N–C) groups is 3. The van der Waals surface area contributed by atoms with Crippen LogP contribution in [0, 0.1) is 0 Å². The van der Waals surface area contributed by atoms with Crippen molar-refractivity contribution in [3.05, 3.63) is 22.5 Å². The van der Waals surface area contributed by atoms with Gasteiger partial charge in [-0.25, -0.2) is 19.6 Å². The normalized spacial score (nSPS) is 23.7. The molecular weight excluding hydrogens is 646 g/mol. The van der Waals surface area contributed by atoms with Gasteiger partial charge in [-0.1, -0.05) is 64.7 Å². The third-order valence-corrected chi connectivity index (χ3v) is 11.0. The van der Waals surface area contributed by atoms with Gasteiger partial charge in [-0.3, -0.25) is 4.99 Å². The number of nitrogens with zero attached hydrogens (tertiary/aromatic N) is 5. The second-order valence-corrected chi connectivity index (χ2v) is 14.8. The van der Waals surface area contributed by atoms with Crippen LogP contribution in [0.2, 0.25) is 0 Å². The number of fused-ring (bicyclic) bond motifs is 1. The first-order valence-corrected chi connectivity index (χ1v) is 19.9. The molecule has 0 aromatic rings. The maximum absolute atomic E-state index is 13.3. The van der Waals surface area contributed by atoms with E-state index >= 15 is 0 Å². The summed E-state index contributed by atoms with van der Waals surface area (Å²) in [6.45, 7) is 6.26. The number of unbranched alkanes of at least 4 members (excludes halogenated alkanes) is 9. The van der Waals surface area contributed by atoms with Gasteiger partial charge in [-0.15, -0.1) is 0 Å². The topological polar surface area (TPSA) is 186 Å². The van der Waals surface area contributed by atoms with Crippen molar-refractivity contribution in [2.75, 3.05) is 26.3 Å². The molecule has 13 heteroatoms. The van der Waals surface area contributed by atoms with Crippen molar-refractivity contribution in [1.29, 1.82) is 0 Å². The molecule has 0 aromatic carbocycles. The van der Waals surface area contributed by atoms with E-state index in [9.17, 15) is 9.59 Å². The predicted octanol–water partition coefficient (Wildman–Crippen LogP) is 4.71. The molecule has 4 atom stereocenters. The summed E-state index contributed by atoms with van der Waals surface area (Å²) in [4.78, 5) is 44.7. The summed E-state index contributed by atoms with van der Waals surface area (Å²) in [7, 11) is 0. The molecule has 5 rings (SSSR count). The number of guanidine groups is 3. The van der Waals surface area contributed by atoms with Crippen molar-refractivity contribution in [2.24, 2.45) is 32.2 Å². The Bertz CT molecular complexity index is 1370. The number of carbonyl (C=O) groups is 2. The van der Waals surface area contributed by atoms with Crippen LogP contribution in [0.15, 0.2) is 37.5 Å². The zero-order chi connectivity index (χ0) is 36.2. The zero-order valence-electron chi connectivity index (χ0n) is 31.2. The number of nitrogens with one attached hydrogen (secondary N) is 1. The van der Waals surface area contributed by atoms with Gasteiger partial charge < -0.3 is 41.8 Å². The number of ether oxygens (including phenoxy) is 2. The predicted molar refractivity (Wildman–Crippen MR) is 202 cm³/mol. The fourth-order valence-electron chi connectivity index (χ4n) is 8.40. The number of allylic oxidation sites excluding steroid dienone is 2. The zero-order valence-corrected chi connectivity index (χ0v) is 31.2. The Morgan fingerprint density at radius 1 is 0.882 bits per heavy atom. The van der Waals surface area contributed by atoms with E-state index in [-0.39, 0.29) is 30.0 Å². The molecule has 0 amide bonds. The summed E-state index contributed by atoms with van der Waals surface area (Å²) in [6, 6.07) is 0.604. The molecule has 5 aliphatic heterocycles. The fourth-order valence-corrected chi connectivity index (χ4v) is 8.40. The first-order chi connectivity index (χ1) is 24.8. The Balaban J connectivity index is 1.01. The van der Waals surface area contributed by atoms with Crippen LogP contribution in [-0.2, 0) is 19.1 Å². The third kappa shape index (κ3) is 10.2. The first kappa shape index (κ1) is 38.5. The van der Waals surface area contributed by atoms with Crippen molar-refractivity contribution < 1.29 is 19.1 Å². The second kappa shape index (κ2) is 19.2. The van der Waals surface area contributed by atoms with Gasteiger partial charge in [-0.05, 0) is 71.1 Å². The van der Waals surface area contributed by atoms with Gasteiger partial charge in [0.2, 0.25) is 0 Å². The SMILES string of the molecule is CCCCCCC[C@@H]1C[C@@H]2CCC3C(C(=O)OCCCCCCC[C@@H]4N=C(N)N5CCCC5=C4C(=O)OCCCCN=C(N)N)=C(C)NC(=N1)N32. The average Bonchev–Trinajstić information content (AvgIpc) is 3.76. The fraction of sp³-hybridized carbons (Fsp3) is 0.763. The van der Waals surface area contributed by atoms with Crippen LogP contribution < -0.4 is 22.5 Å². The van der Waals surface area contributed by atoms with Crippen molar-refractivity contribution in [3.63, 3.8) is 0 Å². The molecule has 284 valence electrons. The Labute approximate surface area is 304 Å². The van der Waals surface area contributed by atoms with Crippen LogP contribution in [0.3, 0.4) is 0 Å². The summed E-state index contributed by atoms with van der Waals surface area (Å²) in [5.41, 5.74) is 20.4. The van der Waals surface area contributed by atoms with E-state index in [0.717, 1.165) is 113 Å². The minimum Gasteiger partial charge on any atom is -0.462 e. The molecule has 2 fully saturated rings. The van der Waals surface area contributed by atoms with Crippen molar-refractivity contribution in [2.45, 2.75) is 160 Å². The number of esters is 2. The highest BCUT2D eigenvalue weighted by Crippen LogP contribution is 2.39. The lowest BCUT2D eigenvalue weighted by Gasteiger charge is -2.42. The van der Waals surface area contributed by atoms with Gasteiger partial charge in [-0.2, -0.15) is 0 Å². The van der Waals surface area contributed by atoms with E-state index in [4.69, 9.17) is 36.7 Å². The van der Waals surface area contributed by atoms with E-state index in [1.165, 1.54) is 32.1 Å². The maximum atomic E-state index is 13.3.